The molecule has 0 atom stereocenters. The topological polar surface area (TPSA) is 66.0 Å². The molecule has 1 heterocycles. The molecule has 0 unspecified atom stereocenters. The Kier molecular flexibility index (Phi) is 2.15. The maximum Gasteiger partial charge on any atom is 0.352 e. The average molecular weight is 164 g/mol. The summed E-state index contributed by atoms with van der Waals surface area (Å²) in [6, 6.07) is 3.26. The molecule has 0 fully saturated rings. The third-order valence-electron chi connectivity index (χ3n) is 1.59. The molecule has 0 aliphatic heterocycles. The predicted molar refractivity (Wildman–Crippen MR) is 41.8 cm³/mol. The largest absolute Gasteiger partial charge is 0.477 e. The van der Waals surface area contributed by atoms with Crippen molar-refractivity contribution in [1.29, 1.82) is 5.26 Å². The zero-order chi connectivity index (χ0) is 9.14. The van der Waals surface area contributed by atoms with Crippen LogP contribution in [-0.4, -0.2) is 15.6 Å². The van der Waals surface area contributed by atoms with E-state index in [0.29, 0.717) is 12.1 Å². The van der Waals surface area contributed by atoms with Crippen LogP contribution in [0.4, 0.5) is 0 Å². The number of aryl methyl sites for hydroxylation is 1. The van der Waals surface area contributed by atoms with Gasteiger partial charge in [-0.25, -0.2) is 4.79 Å². The van der Waals surface area contributed by atoms with Crippen LogP contribution in [0.3, 0.4) is 0 Å². The number of nitriles is 1. The molecule has 12 heavy (non-hydrogen) atoms. The van der Waals surface area contributed by atoms with Crippen molar-refractivity contribution >= 4 is 5.97 Å². The highest BCUT2D eigenvalue weighted by atomic mass is 16.4. The van der Waals surface area contributed by atoms with Crippen LogP contribution in [0.15, 0.2) is 12.3 Å². The zero-order valence-corrected chi connectivity index (χ0v) is 6.61. The van der Waals surface area contributed by atoms with E-state index >= 15 is 0 Å². The Bertz CT molecular complexity index is 346. The molecule has 0 aliphatic carbocycles. The van der Waals surface area contributed by atoms with E-state index in [9.17, 15) is 4.79 Å². The molecule has 0 radical (unpaired) electrons. The Morgan fingerprint density at radius 1 is 1.83 bits per heavy atom. The van der Waals surface area contributed by atoms with Crippen molar-refractivity contribution in [2.75, 3.05) is 0 Å². The van der Waals surface area contributed by atoms with Crippen molar-refractivity contribution in [2.45, 2.75) is 13.5 Å². The molecule has 62 valence electrons. The molecule has 0 aromatic carbocycles. The van der Waals surface area contributed by atoms with Gasteiger partial charge in [0.1, 0.15) is 11.8 Å². The summed E-state index contributed by atoms with van der Waals surface area (Å²) in [6.45, 7) is 2.39. The van der Waals surface area contributed by atoms with E-state index in [1.807, 2.05) is 13.0 Å². The average Bonchev–Trinajstić information content (AvgIpc) is 2.47. The molecule has 0 spiro atoms. The Morgan fingerprint density at radius 2 is 2.50 bits per heavy atom. The van der Waals surface area contributed by atoms with Gasteiger partial charge in [0.15, 0.2) is 0 Å². The van der Waals surface area contributed by atoms with Crippen molar-refractivity contribution in [3.63, 3.8) is 0 Å². The van der Waals surface area contributed by atoms with Crippen LogP contribution in [0.5, 0.6) is 0 Å². The molecule has 0 aliphatic rings. The molecule has 0 bridgehead atoms. The molecule has 0 amide bonds. The molecular formula is C8H8N2O2. The second kappa shape index (κ2) is 3.09. The van der Waals surface area contributed by atoms with E-state index in [1.54, 1.807) is 0 Å². The number of carboxylic acid groups (broad SMARTS) is 1. The van der Waals surface area contributed by atoms with Gasteiger partial charge in [-0.1, -0.05) is 0 Å². The fourth-order valence-corrected chi connectivity index (χ4v) is 1.01. The van der Waals surface area contributed by atoms with E-state index < -0.39 is 5.97 Å². The summed E-state index contributed by atoms with van der Waals surface area (Å²) in [6.07, 6.45) is 1.53. The second-order valence-corrected chi connectivity index (χ2v) is 2.32. The van der Waals surface area contributed by atoms with Gasteiger partial charge in [-0.2, -0.15) is 5.26 Å². The maximum absolute atomic E-state index is 10.6. The lowest BCUT2D eigenvalue weighted by atomic mass is 10.3. The van der Waals surface area contributed by atoms with E-state index in [2.05, 4.69) is 0 Å². The summed E-state index contributed by atoms with van der Waals surface area (Å²) >= 11 is 0. The highest BCUT2D eigenvalue weighted by molar-refractivity contribution is 5.86. The van der Waals surface area contributed by atoms with Crippen molar-refractivity contribution in [3.05, 3.63) is 23.5 Å². The summed E-state index contributed by atoms with van der Waals surface area (Å²) in [4.78, 5) is 10.6. The summed E-state index contributed by atoms with van der Waals surface area (Å²) in [7, 11) is 0. The summed E-state index contributed by atoms with van der Waals surface area (Å²) in [5.74, 6) is -1.00. The second-order valence-electron chi connectivity index (χ2n) is 2.32. The van der Waals surface area contributed by atoms with Gasteiger partial charge < -0.3 is 9.67 Å². The van der Waals surface area contributed by atoms with E-state index in [-0.39, 0.29) is 5.69 Å². The summed E-state index contributed by atoms with van der Waals surface area (Å²) in [5, 5.41) is 17.2. The highest BCUT2D eigenvalue weighted by Crippen LogP contribution is 2.07. The first-order chi connectivity index (χ1) is 5.69. The van der Waals surface area contributed by atoms with Crippen LogP contribution in [0.25, 0.3) is 0 Å². The number of aromatic carboxylic acids is 1. The van der Waals surface area contributed by atoms with Gasteiger partial charge in [0.05, 0.1) is 5.56 Å². The van der Waals surface area contributed by atoms with E-state index in [0.717, 1.165) is 0 Å². The lowest BCUT2D eigenvalue weighted by Gasteiger charge is -1.98. The van der Waals surface area contributed by atoms with Crippen molar-refractivity contribution < 1.29 is 9.90 Å². The first kappa shape index (κ1) is 8.34. The number of nitrogens with zero attached hydrogens (tertiary/aromatic N) is 2. The van der Waals surface area contributed by atoms with Gasteiger partial charge in [-0.05, 0) is 13.0 Å². The quantitative estimate of drug-likeness (QED) is 0.711. The first-order valence-corrected chi connectivity index (χ1v) is 3.52. The summed E-state index contributed by atoms with van der Waals surface area (Å²) < 4.78 is 1.53. The molecule has 4 heteroatoms. The van der Waals surface area contributed by atoms with Gasteiger partial charge >= 0.3 is 5.97 Å². The smallest absolute Gasteiger partial charge is 0.352 e. The molecule has 1 N–H and O–H groups in total. The number of rotatable bonds is 2. The lowest BCUT2D eigenvalue weighted by molar-refractivity contribution is 0.0685. The van der Waals surface area contributed by atoms with Crippen LogP contribution in [0.1, 0.15) is 23.0 Å². The van der Waals surface area contributed by atoms with E-state index in [1.165, 1.54) is 16.8 Å². The SMILES string of the molecule is CCn1cc(C#N)cc1C(=O)O. The Hall–Kier alpha value is -1.76. The van der Waals surface area contributed by atoms with Crippen LogP contribution < -0.4 is 0 Å². The monoisotopic (exact) mass is 164 g/mol. The third-order valence-corrected chi connectivity index (χ3v) is 1.59. The Labute approximate surface area is 69.7 Å². The maximum atomic E-state index is 10.6. The van der Waals surface area contributed by atoms with Gasteiger partial charge in [-0.15, -0.1) is 0 Å². The fraction of sp³-hybridized carbons (Fsp3) is 0.250. The fourth-order valence-electron chi connectivity index (χ4n) is 1.01. The van der Waals surface area contributed by atoms with Crippen molar-refractivity contribution in [3.8, 4) is 6.07 Å². The molecule has 0 saturated carbocycles. The standard InChI is InChI=1S/C8H8N2O2/c1-2-10-5-6(4-9)3-7(10)8(11)12/h3,5H,2H2,1H3,(H,11,12). The third kappa shape index (κ3) is 1.30. The van der Waals surface area contributed by atoms with Crippen LogP contribution >= 0.6 is 0 Å². The minimum atomic E-state index is -1.00. The molecule has 4 nitrogen and oxygen atoms in total. The van der Waals surface area contributed by atoms with E-state index in [4.69, 9.17) is 10.4 Å². The lowest BCUT2D eigenvalue weighted by Crippen LogP contribution is -2.05. The predicted octanol–water partition coefficient (Wildman–Crippen LogP) is 1.08. The molecule has 1 rings (SSSR count). The first-order valence-electron chi connectivity index (χ1n) is 3.52. The van der Waals surface area contributed by atoms with Crippen molar-refractivity contribution in [2.24, 2.45) is 0 Å². The highest BCUT2D eigenvalue weighted by Gasteiger charge is 2.10. The minimum absolute atomic E-state index is 0.161. The number of carboxylic acids is 1. The normalized spacial score (nSPS) is 9.33. The number of aromatic nitrogens is 1. The molecule has 0 saturated heterocycles. The molecule has 1 aromatic heterocycles. The summed E-state index contributed by atoms with van der Waals surface area (Å²) in [5.41, 5.74) is 0.545. The van der Waals surface area contributed by atoms with Gasteiger partial charge in [0.2, 0.25) is 0 Å². The Balaban J connectivity index is 3.19. The zero-order valence-electron chi connectivity index (χ0n) is 6.61. The molecule has 1 aromatic rings. The van der Waals surface area contributed by atoms with Crippen LogP contribution in [-0.2, 0) is 6.54 Å². The van der Waals surface area contributed by atoms with Gasteiger partial charge in [0.25, 0.3) is 0 Å². The number of hydrogen-bond acceptors (Lipinski definition) is 2. The van der Waals surface area contributed by atoms with Crippen molar-refractivity contribution in [1.82, 2.24) is 4.57 Å². The molecular weight excluding hydrogens is 156 g/mol. The number of hydrogen-bond donors (Lipinski definition) is 1. The number of carbonyl (C=O) groups is 1. The van der Waals surface area contributed by atoms with Gasteiger partial charge in [-0.3, -0.25) is 0 Å². The Morgan fingerprint density at radius 3 is 2.83 bits per heavy atom. The van der Waals surface area contributed by atoms with Gasteiger partial charge in [0, 0.05) is 12.7 Å². The van der Waals surface area contributed by atoms with Crippen LogP contribution in [0, 0.1) is 11.3 Å². The minimum Gasteiger partial charge on any atom is -0.477 e. The van der Waals surface area contributed by atoms with Crippen LogP contribution in [0.2, 0.25) is 0 Å².